The van der Waals surface area contributed by atoms with Gasteiger partial charge < -0.3 is 15.2 Å². The second-order valence-electron chi connectivity index (χ2n) is 6.92. The molecule has 0 aliphatic heterocycles. The summed E-state index contributed by atoms with van der Waals surface area (Å²) in [5, 5.41) is 24.1. The second kappa shape index (κ2) is 13.0. The molecule has 184 valence electrons. The van der Waals surface area contributed by atoms with E-state index in [0.717, 1.165) is 16.6 Å². The Labute approximate surface area is 213 Å². The molecule has 1 unspecified atom stereocenters. The smallest absolute Gasteiger partial charge is 0.407 e. The molecule has 0 saturated carbocycles. The maximum Gasteiger partial charge on any atom is 0.407 e. The van der Waals surface area contributed by atoms with Crippen LogP contribution in [0.5, 0.6) is 0 Å². The van der Waals surface area contributed by atoms with E-state index in [1.165, 1.54) is 0 Å². The standard InChI is InChI=1S/C20H19Cl2N7O5S/c21-12-4-1-5-13(22)18(12)35-19-26-28-29(27-19)11-15(30)14(10-17(31)32)25-20(33)34-9-2-6-16-23-7-3-8-24-16/h1,3-5,7-8,14H,2,6,9-11H2,(H,25,33)(H,31,32). The Morgan fingerprint density at radius 1 is 1.14 bits per heavy atom. The average molecular weight is 540 g/mol. The van der Waals surface area contributed by atoms with Crippen LogP contribution in [0, 0.1) is 0 Å². The van der Waals surface area contributed by atoms with Gasteiger partial charge in [-0.3, -0.25) is 9.59 Å². The molecule has 0 aliphatic rings. The summed E-state index contributed by atoms with van der Waals surface area (Å²) in [4.78, 5) is 45.6. The van der Waals surface area contributed by atoms with Crippen molar-refractivity contribution >= 4 is 52.8 Å². The molecule has 1 amide bonds. The van der Waals surface area contributed by atoms with E-state index < -0.39 is 36.9 Å². The summed E-state index contributed by atoms with van der Waals surface area (Å²) in [5.74, 6) is -1.32. The minimum atomic E-state index is -1.35. The number of Topliss-reactive ketones (excluding diaryl/α,β-unsaturated/α-hetero) is 1. The molecule has 0 aliphatic carbocycles. The van der Waals surface area contributed by atoms with Crippen LogP contribution in [-0.4, -0.2) is 65.8 Å². The molecule has 2 N–H and O–H groups in total. The lowest BCUT2D eigenvalue weighted by atomic mass is 10.1. The molecule has 3 rings (SSSR count). The monoisotopic (exact) mass is 539 g/mol. The lowest BCUT2D eigenvalue weighted by Crippen LogP contribution is -2.44. The van der Waals surface area contributed by atoms with Crippen molar-refractivity contribution in [2.24, 2.45) is 0 Å². The number of nitrogens with zero attached hydrogens (tertiary/aromatic N) is 6. The van der Waals surface area contributed by atoms with Gasteiger partial charge in [-0.2, -0.15) is 4.80 Å². The van der Waals surface area contributed by atoms with Crippen molar-refractivity contribution in [3.63, 3.8) is 0 Å². The Morgan fingerprint density at radius 2 is 1.86 bits per heavy atom. The fraction of sp³-hybridized carbons (Fsp3) is 0.300. The first-order chi connectivity index (χ1) is 16.8. The number of hydrogen-bond acceptors (Lipinski definition) is 10. The van der Waals surface area contributed by atoms with Crippen LogP contribution in [-0.2, 0) is 27.3 Å². The summed E-state index contributed by atoms with van der Waals surface area (Å²) in [5.41, 5.74) is 0. The SMILES string of the molecule is O=C(O)CC(NC(=O)OCCCc1ncccn1)C(=O)Cn1nnc(Sc2c(Cl)cccc2Cl)n1. The molecule has 3 aromatic rings. The highest BCUT2D eigenvalue weighted by Gasteiger charge is 2.25. The Morgan fingerprint density at radius 3 is 2.54 bits per heavy atom. The Balaban J connectivity index is 1.52. The molecule has 35 heavy (non-hydrogen) atoms. The summed E-state index contributed by atoms with van der Waals surface area (Å²) < 4.78 is 5.04. The number of amides is 1. The molecule has 0 saturated heterocycles. The summed E-state index contributed by atoms with van der Waals surface area (Å²) in [6.07, 6.45) is 2.59. The van der Waals surface area contributed by atoms with Crippen molar-refractivity contribution in [3.05, 3.63) is 52.5 Å². The van der Waals surface area contributed by atoms with E-state index in [1.54, 1.807) is 36.7 Å². The number of benzene rings is 1. The van der Waals surface area contributed by atoms with Crippen molar-refractivity contribution in [2.75, 3.05) is 6.61 Å². The third-order valence-corrected chi connectivity index (χ3v) is 6.14. The van der Waals surface area contributed by atoms with Crippen molar-refractivity contribution in [3.8, 4) is 0 Å². The first kappa shape index (κ1) is 26.3. The number of aliphatic carboxylic acids is 1. The molecule has 0 radical (unpaired) electrons. The highest BCUT2D eigenvalue weighted by molar-refractivity contribution is 7.99. The number of ether oxygens (including phenoxy) is 1. The Kier molecular flexibility index (Phi) is 9.76. The van der Waals surface area contributed by atoms with E-state index in [-0.39, 0.29) is 11.8 Å². The number of carboxylic acid groups (broad SMARTS) is 1. The zero-order chi connectivity index (χ0) is 25.2. The molecule has 15 heteroatoms. The number of rotatable bonds is 12. The van der Waals surface area contributed by atoms with Crippen LogP contribution in [0.3, 0.4) is 0 Å². The fourth-order valence-electron chi connectivity index (χ4n) is 2.72. The van der Waals surface area contributed by atoms with E-state index >= 15 is 0 Å². The van der Waals surface area contributed by atoms with Crippen molar-refractivity contribution < 1.29 is 24.2 Å². The number of halogens is 2. The van der Waals surface area contributed by atoms with Gasteiger partial charge in [-0.25, -0.2) is 14.8 Å². The van der Waals surface area contributed by atoms with E-state index in [4.69, 9.17) is 33.0 Å². The van der Waals surface area contributed by atoms with Gasteiger partial charge in [-0.1, -0.05) is 29.3 Å². The minimum absolute atomic E-state index is 0.0356. The first-order valence-electron chi connectivity index (χ1n) is 10.1. The topological polar surface area (TPSA) is 162 Å². The van der Waals surface area contributed by atoms with Crippen molar-refractivity contribution in [1.29, 1.82) is 0 Å². The lowest BCUT2D eigenvalue weighted by Gasteiger charge is -2.15. The number of carbonyl (C=O) groups is 3. The highest BCUT2D eigenvalue weighted by atomic mass is 35.5. The molecule has 1 atom stereocenters. The molecule has 2 heterocycles. The van der Waals surface area contributed by atoms with Crippen LogP contribution in [0.25, 0.3) is 0 Å². The summed E-state index contributed by atoms with van der Waals surface area (Å²) >= 11 is 13.3. The lowest BCUT2D eigenvalue weighted by molar-refractivity contribution is -0.139. The number of ketones is 1. The Hall–Kier alpha value is -3.29. The summed E-state index contributed by atoms with van der Waals surface area (Å²) in [7, 11) is 0. The van der Waals surface area contributed by atoms with E-state index in [1.807, 2.05) is 0 Å². The third-order valence-electron chi connectivity index (χ3n) is 4.30. The number of nitrogens with one attached hydrogen (secondary N) is 1. The van der Waals surface area contributed by atoms with Crippen molar-refractivity contribution in [1.82, 2.24) is 35.5 Å². The van der Waals surface area contributed by atoms with E-state index in [0.29, 0.717) is 33.6 Å². The second-order valence-corrected chi connectivity index (χ2v) is 8.71. The van der Waals surface area contributed by atoms with Crippen LogP contribution < -0.4 is 5.32 Å². The van der Waals surface area contributed by atoms with Gasteiger partial charge in [0.25, 0.3) is 0 Å². The first-order valence-corrected chi connectivity index (χ1v) is 11.7. The van der Waals surface area contributed by atoms with Gasteiger partial charge in [-0.15, -0.1) is 10.2 Å². The molecular formula is C20H19Cl2N7O5S. The largest absolute Gasteiger partial charge is 0.481 e. The number of carbonyl (C=O) groups excluding carboxylic acids is 2. The van der Waals surface area contributed by atoms with Crippen LogP contribution in [0.4, 0.5) is 4.79 Å². The number of aromatic nitrogens is 6. The van der Waals surface area contributed by atoms with E-state index in [9.17, 15) is 14.4 Å². The van der Waals surface area contributed by atoms with Gasteiger partial charge >= 0.3 is 12.1 Å². The average Bonchev–Trinajstić information content (AvgIpc) is 3.26. The predicted octanol–water partition coefficient (Wildman–Crippen LogP) is 2.69. The van der Waals surface area contributed by atoms with Gasteiger partial charge in [0.15, 0.2) is 5.78 Å². The van der Waals surface area contributed by atoms with Gasteiger partial charge in [0.05, 0.1) is 28.0 Å². The summed E-state index contributed by atoms with van der Waals surface area (Å²) in [6.45, 7) is -0.388. The zero-order valence-electron chi connectivity index (χ0n) is 18.0. The quantitative estimate of drug-likeness (QED) is 0.325. The maximum absolute atomic E-state index is 12.6. The molecule has 0 spiro atoms. The molecule has 0 bridgehead atoms. The molecule has 12 nitrogen and oxygen atoms in total. The van der Waals surface area contributed by atoms with E-state index in [2.05, 4.69) is 30.7 Å². The number of tetrazole rings is 1. The number of carboxylic acids is 1. The number of hydrogen-bond donors (Lipinski definition) is 2. The number of alkyl carbamates (subject to hydrolysis) is 1. The van der Waals surface area contributed by atoms with Crippen LogP contribution in [0.2, 0.25) is 10.0 Å². The van der Waals surface area contributed by atoms with Crippen LogP contribution >= 0.6 is 35.0 Å². The third kappa shape index (κ3) is 8.46. The number of aryl methyl sites for hydroxylation is 1. The molecule has 1 aromatic carbocycles. The predicted molar refractivity (Wildman–Crippen MR) is 124 cm³/mol. The van der Waals surface area contributed by atoms with Crippen LogP contribution in [0.15, 0.2) is 46.7 Å². The van der Waals surface area contributed by atoms with Crippen molar-refractivity contribution in [2.45, 2.75) is 41.9 Å². The normalized spacial score (nSPS) is 11.6. The summed E-state index contributed by atoms with van der Waals surface area (Å²) in [6, 6.07) is 5.34. The minimum Gasteiger partial charge on any atom is -0.481 e. The van der Waals surface area contributed by atoms with Gasteiger partial charge in [-0.05, 0) is 41.6 Å². The van der Waals surface area contributed by atoms with Crippen LogP contribution in [0.1, 0.15) is 18.7 Å². The zero-order valence-corrected chi connectivity index (χ0v) is 20.3. The fourth-order valence-corrected chi connectivity index (χ4v) is 4.07. The molecular weight excluding hydrogens is 521 g/mol. The maximum atomic E-state index is 12.6. The Bertz CT molecular complexity index is 1160. The molecule has 0 fully saturated rings. The van der Waals surface area contributed by atoms with Gasteiger partial charge in [0, 0.05) is 18.8 Å². The molecule has 2 aromatic heterocycles. The highest BCUT2D eigenvalue weighted by Crippen LogP contribution is 2.36. The van der Waals surface area contributed by atoms with Gasteiger partial charge in [0.1, 0.15) is 18.4 Å². The van der Waals surface area contributed by atoms with Gasteiger partial charge in [0.2, 0.25) is 5.16 Å².